The lowest BCUT2D eigenvalue weighted by molar-refractivity contribution is -0.129. The Morgan fingerprint density at radius 3 is 2.34 bits per heavy atom. The molecule has 2 aliphatic rings. The van der Waals surface area contributed by atoms with Crippen LogP contribution in [0.25, 0.3) is 0 Å². The number of methoxy groups -OCH3 is 2. The van der Waals surface area contributed by atoms with Gasteiger partial charge in [0.15, 0.2) is 11.5 Å². The zero-order chi connectivity index (χ0) is 24.8. The van der Waals surface area contributed by atoms with E-state index >= 15 is 0 Å². The average Bonchev–Trinajstić information content (AvgIpc) is 3.41. The molecule has 7 nitrogen and oxygen atoms in total. The van der Waals surface area contributed by atoms with Crippen LogP contribution in [-0.4, -0.2) is 68.1 Å². The average molecular weight is 480 g/mol. The van der Waals surface area contributed by atoms with E-state index < -0.39 is 0 Å². The molecule has 2 aromatic carbocycles. The highest BCUT2D eigenvalue weighted by atomic mass is 16.5. The first-order chi connectivity index (χ1) is 17.0. The molecule has 1 unspecified atom stereocenters. The summed E-state index contributed by atoms with van der Waals surface area (Å²) in [5.74, 6) is 1.61. The van der Waals surface area contributed by atoms with Crippen LogP contribution < -0.4 is 14.8 Å². The van der Waals surface area contributed by atoms with Crippen molar-refractivity contribution in [2.24, 2.45) is 5.92 Å². The Hall–Kier alpha value is -3.06. The monoisotopic (exact) mass is 479 g/mol. The number of ether oxygens (including phenoxy) is 2. The molecule has 0 radical (unpaired) electrons. The quantitative estimate of drug-likeness (QED) is 0.626. The molecule has 188 valence electrons. The van der Waals surface area contributed by atoms with Crippen LogP contribution in [0, 0.1) is 12.8 Å². The molecule has 0 bridgehead atoms. The molecule has 35 heavy (non-hydrogen) atoms. The standard InChI is InChI=1S/C28H37N3O4/c1-20-7-6-8-21(17-20)19-29-27(32)26(22-9-4-5-10-22)30-13-15-31(16-14-30)28(33)23-11-12-24(34-2)25(18-23)35-3/h6-8,11-12,17-18,22,26H,4-5,9-10,13-16,19H2,1-3H3,(H,29,32). The zero-order valence-corrected chi connectivity index (χ0v) is 21.1. The third-order valence-electron chi connectivity index (χ3n) is 7.29. The van der Waals surface area contributed by atoms with Gasteiger partial charge in [-0.25, -0.2) is 0 Å². The molecule has 1 atom stereocenters. The molecule has 0 spiro atoms. The van der Waals surface area contributed by atoms with E-state index in [4.69, 9.17) is 9.47 Å². The Balaban J connectivity index is 1.39. The molecule has 1 saturated heterocycles. The van der Waals surface area contributed by atoms with Gasteiger partial charge < -0.3 is 19.7 Å². The van der Waals surface area contributed by atoms with Gasteiger partial charge in [0, 0.05) is 38.3 Å². The third-order valence-corrected chi connectivity index (χ3v) is 7.29. The zero-order valence-electron chi connectivity index (χ0n) is 21.1. The van der Waals surface area contributed by atoms with Gasteiger partial charge in [0.2, 0.25) is 5.91 Å². The molecule has 1 aliphatic carbocycles. The van der Waals surface area contributed by atoms with Gasteiger partial charge in [-0.05, 0) is 49.4 Å². The van der Waals surface area contributed by atoms with Crippen LogP contribution >= 0.6 is 0 Å². The molecule has 2 aromatic rings. The first kappa shape index (κ1) is 25.0. The van der Waals surface area contributed by atoms with E-state index in [1.165, 1.54) is 18.4 Å². The highest BCUT2D eigenvalue weighted by molar-refractivity contribution is 5.95. The maximum atomic E-state index is 13.4. The first-order valence-corrected chi connectivity index (χ1v) is 12.6. The fourth-order valence-electron chi connectivity index (χ4n) is 5.42. The lowest BCUT2D eigenvalue weighted by Crippen LogP contribution is -2.57. The Bertz CT molecular complexity index is 1030. The fraction of sp³-hybridized carbons (Fsp3) is 0.500. The van der Waals surface area contributed by atoms with E-state index in [2.05, 4.69) is 35.3 Å². The molecule has 1 N–H and O–H groups in total. The molecule has 4 rings (SSSR count). The van der Waals surface area contributed by atoms with E-state index in [1.54, 1.807) is 32.4 Å². The smallest absolute Gasteiger partial charge is 0.254 e. The minimum absolute atomic E-state index is 0.0214. The Morgan fingerprint density at radius 1 is 0.971 bits per heavy atom. The minimum Gasteiger partial charge on any atom is -0.493 e. The van der Waals surface area contributed by atoms with Crippen LogP contribution in [0.4, 0.5) is 0 Å². The largest absolute Gasteiger partial charge is 0.493 e. The predicted molar refractivity (Wildman–Crippen MR) is 136 cm³/mol. The number of amides is 2. The van der Waals surface area contributed by atoms with E-state index in [0.29, 0.717) is 55.7 Å². The van der Waals surface area contributed by atoms with Crippen molar-refractivity contribution in [2.45, 2.75) is 45.2 Å². The Labute approximate surface area is 208 Å². The molecule has 2 fully saturated rings. The number of nitrogens with one attached hydrogen (secondary N) is 1. The topological polar surface area (TPSA) is 71.1 Å². The predicted octanol–water partition coefficient (Wildman–Crippen LogP) is 3.65. The Morgan fingerprint density at radius 2 is 1.69 bits per heavy atom. The summed E-state index contributed by atoms with van der Waals surface area (Å²) in [4.78, 5) is 30.7. The summed E-state index contributed by atoms with van der Waals surface area (Å²) >= 11 is 0. The van der Waals surface area contributed by atoms with Crippen LogP contribution in [0.5, 0.6) is 11.5 Å². The molecule has 0 aromatic heterocycles. The molecule has 1 saturated carbocycles. The number of piperazine rings is 1. The van der Waals surface area contributed by atoms with E-state index in [0.717, 1.165) is 18.4 Å². The molecule has 1 heterocycles. The summed E-state index contributed by atoms with van der Waals surface area (Å²) in [6, 6.07) is 13.4. The summed E-state index contributed by atoms with van der Waals surface area (Å²) in [5, 5.41) is 3.20. The molecule has 7 heteroatoms. The number of rotatable bonds is 8. The second kappa shape index (κ2) is 11.6. The highest BCUT2D eigenvalue weighted by Crippen LogP contribution is 2.32. The van der Waals surface area contributed by atoms with Crippen molar-refractivity contribution in [3.05, 3.63) is 59.2 Å². The number of benzene rings is 2. The lowest BCUT2D eigenvalue weighted by Gasteiger charge is -2.40. The van der Waals surface area contributed by atoms with Crippen molar-refractivity contribution in [3.63, 3.8) is 0 Å². The van der Waals surface area contributed by atoms with Crippen LogP contribution in [0.2, 0.25) is 0 Å². The number of nitrogens with zero attached hydrogens (tertiary/aromatic N) is 2. The number of hydrogen-bond acceptors (Lipinski definition) is 5. The third kappa shape index (κ3) is 5.96. The van der Waals surface area contributed by atoms with Gasteiger partial charge in [-0.15, -0.1) is 0 Å². The molecule has 1 aliphatic heterocycles. The summed E-state index contributed by atoms with van der Waals surface area (Å²) in [5.41, 5.74) is 2.90. The van der Waals surface area contributed by atoms with Crippen molar-refractivity contribution < 1.29 is 19.1 Å². The van der Waals surface area contributed by atoms with Gasteiger partial charge in [0.1, 0.15) is 0 Å². The van der Waals surface area contributed by atoms with Crippen LogP contribution in [0.3, 0.4) is 0 Å². The van der Waals surface area contributed by atoms with Crippen LogP contribution in [0.15, 0.2) is 42.5 Å². The number of carbonyl (C=O) groups is 2. The molecular weight excluding hydrogens is 442 g/mol. The minimum atomic E-state index is -0.138. The maximum Gasteiger partial charge on any atom is 0.254 e. The van der Waals surface area contributed by atoms with Crippen molar-refractivity contribution in [2.75, 3.05) is 40.4 Å². The van der Waals surface area contributed by atoms with Crippen molar-refractivity contribution in [3.8, 4) is 11.5 Å². The number of carbonyl (C=O) groups excluding carboxylic acids is 2. The fourth-order valence-corrected chi connectivity index (χ4v) is 5.42. The summed E-state index contributed by atoms with van der Waals surface area (Å²) in [6.07, 6.45) is 4.55. The van der Waals surface area contributed by atoms with Crippen molar-refractivity contribution in [1.29, 1.82) is 0 Å². The summed E-state index contributed by atoms with van der Waals surface area (Å²) < 4.78 is 10.6. The second-order valence-electron chi connectivity index (χ2n) is 9.59. The normalized spacial score (nSPS) is 17.7. The van der Waals surface area contributed by atoms with Gasteiger partial charge in [0.25, 0.3) is 5.91 Å². The van der Waals surface area contributed by atoms with Crippen molar-refractivity contribution >= 4 is 11.8 Å². The van der Waals surface area contributed by atoms with Crippen molar-refractivity contribution in [1.82, 2.24) is 15.1 Å². The lowest BCUT2D eigenvalue weighted by atomic mass is 9.94. The van der Waals surface area contributed by atoms with Crippen LogP contribution in [-0.2, 0) is 11.3 Å². The molecular formula is C28H37N3O4. The van der Waals surface area contributed by atoms with Gasteiger partial charge in [-0.3, -0.25) is 14.5 Å². The molecule has 2 amide bonds. The summed E-state index contributed by atoms with van der Waals surface area (Å²) in [7, 11) is 3.15. The second-order valence-corrected chi connectivity index (χ2v) is 9.59. The SMILES string of the molecule is COc1ccc(C(=O)N2CCN(C(C(=O)NCc3cccc(C)c3)C3CCCC3)CC2)cc1OC. The van der Waals surface area contributed by atoms with Gasteiger partial charge >= 0.3 is 0 Å². The Kier molecular flexibility index (Phi) is 8.29. The highest BCUT2D eigenvalue weighted by Gasteiger charge is 2.37. The van der Waals surface area contributed by atoms with E-state index in [9.17, 15) is 9.59 Å². The first-order valence-electron chi connectivity index (χ1n) is 12.6. The van der Waals surface area contributed by atoms with E-state index in [-0.39, 0.29) is 17.9 Å². The summed E-state index contributed by atoms with van der Waals surface area (Å²) in [6.45, 7) is 5.19. The van der Waals surface area contributed by atoms with Crippen LogP contribution in [0.1, 0.15) is 47.2 Å². The van der Waals surface area contributed by atoms with Gasteiger partial charge in [-0.1, -0.05) is 42.7 Å². The number of aryl methyl sites for hydroxylation is 1. The van der Waals surface area contributed by atoms with E-state index in [1.807, 2.05) is 11.0 Å². The van der Waals surface area contributed by atoms with Gasteiger partial charge in [-0.2, -0.15) is 0 Å². The maximum absolute atomic E-state index is 13.4. The van der Waals surface area contributed by atoms with Gasteiger partial charge in [0.05, 0.1) is 20.3 Å². The number of hydrogen-bond donors (Lipinski definition) is 1.